The third-order valence-electron chi connectivity index (χ3n) is 4.11. The third-order valence-corrected chi connectivity index (χ3v) is 4.11. The second kappa shape index (κ2) is 8.96. The van der Waals surface area contributed by atoms with Crippen LogP contribution in [0, 0.1) is 0 Å². The molecule has 0 amide bonds. The summed E-state index contributed by atoms with van der Waals surface area (Å²) in [5, 5.41) is 7.53. The number of rotatable bonds is 7. The van der Waals surface area contributed by atoms with E-state index in [2.05, 4.69) is 26.4 Å². The lowest BCUT2D eigenvalue weighted by Gasteiger charge is -2.22. The van der Waals surface area contributed by atoms with E-state index in [9.17, 15) is 0 Å². The number of guanidine groups is 1. The highest BCUT2D eigenvalue weighted by Gasteiger charge is 2.09. The monoisotopic (exact) mass is 345 g/mol. The number of benzene rings is 1. The minimum absolute atomic E-state index is 0.684. The molecule has 0 aliphatic rings. The molecule has 7 nitrogen and oxygen atoms in total. The Bertz CT molecular complexity index is 711. The van der Waals surface area contributed by atoms with Gasteiger partial charge in [-0.3, -0.25) is 9.67 Å². The lowest BCUT2D eigenvalue weighted by atomic mass is 10.1. The van der Waals surface area contributed by atoms with E-state index in [1.807, 2.05) is 37.0 Å². The van der Waals surface area contributed by atoms with Crippen molar-refractivity contribution in [3.05, 3.63) is 41.7 Å². The Hall–Kier alpha value is -2.70. The van der Waals surface area contributed by atoms with Crippen LogP contribution in [0.1, 0.15) is 11.3 Å². The summed E-state index contributed by atoms with van der Waals surface area (Å²) in [5.41, 5.74) is 2.29. The van der Waals surface area contributed by atoms with Crippen LogP contribution < -0.4 is 14.8 Å². The van der Waals surface area contributed by atoms with Crippen molar-refractivity contribution in [1.82, 2.24) is 20.0 Å². The molecule has 0 saturated heterocycles. The van der Waals surface area contributed by atoms with E-state index in [0.29, 0.717) is 6.54 Å². The van der Waals surface area contributed by atoms with Crippen molar-refractivity contribution in [3.63, 3.8) is 0 Å². The van der Waals surface area contributed by atoms with Gasteiger partial charge in [-0.25, -0.2) is 0 Å². The van der Waals surface area contributed by atoms with Crippen LogP contribution in [0.2, 0.25) is 0 Å². The molecule has 25 heavy (non-hydrogen) atoms. The molecule has 0 radical (unpaired) electrons. The number of aliphatic imine (C=N–C) groups is 1. The maximum atomic E-state index is 5.36. The van der Waals surface area contributed by atoms with Gasteiger partial charge in [-0.2, -0.15) is 5.10 Å². The predicted molar refractivity (Wildman–Crippen MR) is 99.3 cm³/mol. The van der Waals surface area contributed by atoms with Crippen LogP contribution in [0.3, 0.4) is 0 Å². The van der Waals surface area contributed by atoms with Crippen LogP contribution in [0.25, 0.3) is 0 Å². The van der Waals surface area contributed by atoms with E-state index >= 15 is 0 Å². The smallest absolute Gasteiger partial charge is 0.193 e. The maximum Gasteiger partial charge on any atom is 0.193 e. The minimum Gasteiger partial charge on any atom is -0.493 e. The van der Waals surface area contributed by atoms with E-state index in [0.717, 1.165) is 36.1 Å². The second-order valence-corrected chi connectivity index (χ2v) is 5.71. The molecule has 0 aliphatic heterocycles. The van der Waals surface area contributed by atoms with Gasteiger partial charge in [0, 0.05) is 33.9 Å². The SMILES string of the molecule is CN=C(NCc1ccnn1C)N(C)CCc1ccc(OC)c(OC)c1. The number of likely N-dealkylation sites (N-methyl/N-ethyl adjacent to an activating group) is 1. The first kappa shape index (κ1) is 18.6. The fourth-order valence-corrected chi connectivity index (χ4v) is 2.57. The van der Waals surface area contributed by atoms with Crippen LogP contribution in [-0.4, -0.2) is 55.5 Å². The van der Waals surface area contributed by atoms with E-state index in [1.54, 1.807) is 27.5 Å². The minimum atomic E-state index is 0.684. The zero-order valence-electron chi connectivity index (χ0n) is 15.6. The molecule has 0 spiro atoms. The summed E-state index contributed by atoms with van der Waals surface area (Å²) in [6.45, 7) is 1.52. The molecule has 1 heterocycles. The molecular formula is C18H27N5O2. The van der Waals surface area contributed by atoms with E-state index in [1.165, 1.54) is 5.56 Å². The molecule has 0 aliphatic carbocycles. The largest absolute Gasteiger partial charge is 0.493 e. The van der Waals surface area contributed by atoms with Gasteiger partial charge in [0.1, 0.15) is 0 Å². The first-order chi connectivity index (χ1) is 12.1. The normalized spacial score (nSPS) is 11.3. The molecule has 0 bridgehead atoms. The van der Waals surface area contributed by atoms with Crippen LogP contribution in [0.15, 0.2) is 35.5 Å². The van der Waals surface area contributed by atoms with Crippen molar-refractivity contribution in [2.75, 3.05) is 34.9 Å². The Kier molecular flexibility index (Phi) is 6.68. The lowest BCUT2D eigenvalue weighted by Crippen LogP contribution is -2.39. The first-order valence-corrected chi connectivity index (χ1v) is 8.18. The summed E-state index contributed by atoms with van der Waals surface area (Å²) in [6.07, 6.45) is 2.67. The number of aryl methyl sites for hydroxylation is 1. The highest BCUT2D eigenvalue weighted by molar-refractivity contribution is 5.79. The zero-order chi connectivity index (χ0) is 18.2. The van der Waals surface area contributed by atoms with E-state index in [4.69, 9.17) is 9.47 Å². The fourth-order valence-electron chi connectivity index (χ4n) is 2.57. The van der Waals surface area contributed by atoms with Crippen LogP contribution in [0.4, 0.5) is 0 Å². The van der Waals surface area contributed by atoms with Gasteiger partial charge in [0.2, 0.25) is 0 Å². The Morgan fingerprint density at radius 2 is 2.00 bits per heavy atom. The molecular weight excluding hydrogens is 318 g/mol. The molecule has 0 fully saturated rings. The summed E-state index contributed by atoms with van der Waals surface area (Å²) in [4.78, 5) is 6.45. The number of nitrogens with zero attached hydrogens (tertiary/aromatic N) is 4. The lowest BCUT2D eigenvalue weighted by molar-refractivity contribution is 0.354. The Morgan fingerprint density at radius 1 is 1.24 bits per heavy atom. The van der Waals surface area contributed by atoms with E-state index < -0.39 is 0 Å². The van der Waals surface area contributed by atoms with Crippen LogP contribution in [-0.2, 0) is 20.0 Å². The molecule has 2 rings (SSSR count). The van der Waals surface area contributed by atoms with Crippen molar-refractivity contribution < 1.29 is 9.47 Å². The summed E-state index contributed by atoms with van der Waals surface area (Å²) >= 11 is 0. The molecule has 2 aromatic rings. The summed E-state index contributed by atoms with van der Waals surface area (Å²) in [5.74, 6) is 2.34. The van der Waals surface area contributed by atoms with Gasteiger partial charge in [-0.05, 0) is 30.2 Å². The maximum absolute atomic E-state index is 5.36. The van der Waals surface area contributed by atoms with Gasteiger partial charge < -0.3 is 19.7 Å². The quantitative estimate of drug-likeness (QED) is 0.611. The Balaban J connectivity index is 1.91. The molecule has 1 aromatic heterocycles. The Labute approximate surface area is 149 Å². The number of aromatic nitrogens is 2. The summed E-state index contributed by atoms with van der Waals surface area (Å²) in [7, 11) is 9.04. The van der Waals surface area contributed by atoms with Crippen LogP contribution in [0.5, 0.6) is 11.5 Å². The van der Waals surface area contributed by atoms with Gasteiger partial charge in [-0.1, -0.05) is 6.07 Å². The van der Waals surface area contributed by atoms with Crippen molar-refractivity contribution in [1.29, 1.82) is 0 Å². The van der Waals surface area contributed by atoms with Gasteiger partial charge in [0.15, 0.2) is 17.5 Å². The molecule has 136 valence electrons. The molecule has 1 aromatic carbocycles. The molecule has 0 atom stereocenters. The van der Waals surface area contributed by atoms with Gasteiger partial charge in [0.05, 0.1) is 26.5 Å². The Morgan fingerprint density at radius 3 is 2.60 bits per heavy atom. The van der Waals surface area contributed by atoms with Crippen molar-refractivity contribution in [3.8, 4) is 11.5 Å². The first-order valence-electron chi connectivity index (χ1n) is 8.18. The highest BCUT2D eigenvalue weighted by Crippen LogP contribution is 2.27. The predicted octanol–water partition coefficient (Wildman–Crippen LogP) is 1.69. The highest BCUT2D eigenvalue weighted by atomic mass is 16.5. The van der Waals surface area contributed by atoms with Gasteiger partial charge in [-0.15, -0.1) is 0 Å². The average Bonchev–Trinajstić information content (AvgIpc) is 3.05. The topological polar surface area (TPSA) is 63.9 Å². The molecule has 7 heteroatoms. The summed E-state index contributed by atoms with van der Waals surface area (Å²) in [6, 6.07) is 7.99. The van der Waals surface area contributed by atoms with Crippen molar-refractivity contribution in [2.45, 2.75) is 13.0 Å². The molecule has 0 saturated carbocycles. The third kappa shape index (κ3) is 4.89. The number of nitrogens with one attached hydrogen (secondary N) is 1. The number of hydrogen-bond donors (Lipinski definition) is 1. The summed E-state index contributed by atoms with van der Waals surface area (Å²) < 4.78 is 12.5. The fraction of sp³-hybridized carbons (Fsp3) is 0.444. The van der Waals surface area contributed by atoms with Crippen LogP contribution >= 0.6 is 0 Å². The number of hydrogen-bond acceptors (Lipinski definition) is 4. The van der Waals surface area contributed by atoms with Gasteiger partial charge in [0.25, 0.3) is 0 Å². The number of methoxy groups -OCH3 is 2. The van der Waals surface area contributed by atoms with E-state index in [-0.39, 0.29) is 0 Å². The number of ether oxygens (including phenoxy) is 2. The van der Waals surface area contributed by atoms with Crippen molar-refractivity contribution >= 4 is 5.96 Å². The zero-order valence-corrected chi connectivity index (χ0v) is 15.6. The van der Waals surface area contributed by atoms with Crippen molar-refractivity contribution in [2.24, 2.45) is 12.0 Å². The standard InChI is InChI=1S/C18H27N5O2/c1-19-18(20-13-15-8-10-21-23(15)3)22(2)11-9-14-6-7-16(24-4)17(12-14)25-5/h6-8,10,12H,9,11,13H2,1-5H3,(H,19,20). The molecule has 1 N–H and O–H groups in total. The molecule has 0 unspecified atom stereocenters. The second-order valence-electron chi connectivity index (χ2n) is 5.71. The van der Waals surface area contributed by atoms with Gasteiger partial charge >= 0.3 is 0 Å². The average molecular weight is 345 g/mol.